The van der Waals surface area contributed by atoms with E-state index in [1.807, 2.05) is 0 Å². The van der Waals surface area contributed by atoms with Crippen molar-refractivity contribution < 1.29 is 13.9 Å². The summed E-state index contributed by atoms with van der Waals surface area (Å²) in [6, 6.07) is 6.42. The fourth-order valence-corrected chi connectivity index (χ4v) is 1.23. The van der Waals surface area contributed by atoms with E-state index in [4.69, 9.17) is 17.3 Å². The summed E-state index contributed by atoms with van der Waals surface area (Å²) < 4.78 is 17.0. The predicted molar refractivity (Wildman–Crippen MR) is 50.8 cm³/mol. The van der Waals surface area contributed by atoms with Crippen LogP contribution in [0, 0.1) is 0 Å². The summed E-state index contributed by atoms with van der Waals surface area (Å²) in [6.45, 7) is -0.830. The molecule has 0 aliphatic heterocycles. The average Bonchev–Trinajstić information content (AvgIpc) is 2.14. The number of benzene rings is 1. The first-order valence-electron chi connectivity index (χ1n) is 3.91. The van der Waals surface area contributed by atoms with Gasteiger partial charge in [0.1, 0.15) is 6.67 Å². The summed E-state index contributed by atoms with van der Waals surface area (Å²) >= 11 is 5.69. The van der Waals surface area contributed by atoms with Crippen molar-refractivity contribution in [2.45, 2.75) is 6.10 Å². The van der Waals surface area contributed by atoms with Gasteiger partial charge in [0.25, 0.3) is 0 Å². The molecule has 0 bridgehead atoms. The molecule has 1 rings (SSSR count). The standard InChI is InChI=1S/C9H9ClFNO2/c10-7-3-1-2-6(4-7)8(5-11)14-9(12)13/h1-4,8H,5H2,(H2,12,13). The zero-order chi connectivity index (χ0) is 10.6. The molecule has 76 valence electrons. The summed E-state index contributed by atoms with van der Waals surface area (Å²) in [5.74, 6) is 0. The number of carbonyl (C=O) groups is 1. The van der Waals surface area contributed by atoms with Gasteiger partial charge >= 0.3 is 6.09 Å². The Balaban J connectivity index is 2.83. The number of hydrogen-bond donors (Lipinski definition) is 1. The number of alkyl halides is 1. The maximum atomic E-state index is 12.5. The van der Waals surface area contributed by atoms with Crippen molar-refractivity contribution in [1.82, 2.24) is 0 Å². The molecule has 0 radical (unpaired) electrons. The summed E-state index contributed by atoms with van der Waals surface area (Å²) in [4.78, 5) is 10.4. The number of nitrogens with two attached hydrogens (primary N) is 1. The topological polar surface area (TPSA) is 52.3 Å². The van der Waals surface area contributed by atoms with Gasteiger partial charge in [-0.15, -0.1) is 0 Å². The molecular weight excluding hydrogens is 209 g/mol. The molecule has 1 unspecified atom stereocenters. The third-order valence-electron chi connectivity index (χ3n) is 1.62. The molecule has 2 N–H and O–H groups in total. The Morgan fingerprint density at radius 1 is 1.64 bits per heavy atom. The monoisotopic (exact) mass is 217 g/mol. The van der Waals surface area contributed by atoms with E-state index in [1.54, 1.807) is 18.2 Å². The molecule has 1 amide bonds. The average molecular weight is 218 g/mol. The van der Waals surface area contributed by atoms with Crippen LogP contribution in [0.5, 0.6) is 0 Å². The fourth-order valence-electron chi connectivity index (χ4n) is 1.04. The van der Waals surface area contributed by atoms with Crippen LogP contribution in [-0.2, 0) is 4.74 Å². The number of amides is 1. The predicted octanol–water partition coefficient (Wildman–Crippen LogP) is 2.45. The van der Waals surface area contributed by atoms with Gasteiger partial charge in [0.2, 0.25) is 0 Å². The van der Waals surface area contributed by atoms with Crippen LogP contribution in [0.15, 0.2) is 24.3 Å². The number of carbonyl (C=O) groups excluding carboxylic acids is 1. The first kappa shape index (κ1) is 10.8. The van der Waals surface area contributed by atoms with Gasteiger partial charge in [-0.3, -0.25) is 0 Å². The molecular formula is C9H9ClFNO2. The summed E-state index contributed by atoms with van der Waals surface area (Å²) in [7, 11) is 0. The van der Waals surface area contributed by atoms with E-state index in [2.05, 4.69) is 4.74 Å². The van der Waals surface area contributed by atoms with E-state index in [-0.39, 0.29) is 0 Å². The molecule has 0 aliphatic rings. The molecule has 0 saturated carbocycles. The van der Waals surface area contributed by atoms with Crippen LogP contribution < -0.4 is 5.73 Å². The maximum Gasteiger partial charge on any atom is 0.405 e. The normalized spacial score (nSPS) is 12.1. The summed E-state index contributed by atoms with van der Waals surface area (Å²) in [5, 5.41) is 0.453. The fraction of sp³-hybridized carbons (Fsp3) is 0.222. The summed E-state index contributed by atoms with van der Waals surface area (Å²) in [6.07, 6.45) is -1.99. The molecule has 1 aromatic carbocycles. The van der Waals surface area contributed by atoms with Gasteiger partial charge in [0.05, 0.1) is 0 Å². The molecule has 14 heavy (non-hydrogen) atoms. The van der Waals surface area contributed by atoms with Crippen molar-refractivity contribution in [2.24, 2.45) is 5.73 Å². The minimum Gasteiger partial charge on any atom is -0.439 e. The Labute approximate surface area is 85.6 Å². The van der Waals surface area contributed by atoms with Gasteiger partial charge in [-0.1, -0.05) is 23.7 Å². The van der Waals surface area contributed by atoms with Gasteiger partial charge in [-0.2, -0.15) is 0 Å². The van der Waals surface area contributed by atoms with Crippen LogP contribution in [-0.4, -0.2) is 12.8 Å². The van der Waals surface area contributed by atoms with Gasteiger partial charge < -0.3 is 10.5 Å². The van der Waals surface area contributed by atoms with Crippen molar-refractivity contribution in [3.8, 4) is 0 Å². The number of rotatable bonds is 3. The summed E-state index contributed by atoms with van der Waals surface area (Å²) in [5.41, 5.74) is 5.27. The Kier molecular flexibility index (Phi) is 3.71. The molecule has 1 aromatic rings. The Morgan fingerprint density at radius 2 is 2.36 bits per heavy atom. The highest BCUT2D eigenvalue weighted by atomic mass is 35.5. The van der Waals surface area contributed by atoms with Crippen molar-refractivity contribution in [1.29, 1.82) is 0 Å². The quantitative estimate of drug-likeness (QED) is 0.846. The highest BCUT2D eigenvalue weighted by molar-refractivity contribution is 6.30. The first-order valence-corrected chi connectivity index (χ1v) is 4.29. The Bertz CT molecular complexity index is 332. The van der Waals surface area contributed by atoms with Gasteiger partial charge in [0, 0.05) is 5.02 Å². The van der Waals surface area contributed by atoms with Gasteiger partial charge in [-0.25, -0.2) is 9.18 Å². The minimum atomic E-state index is -1.01. The maximum absolute atomic E-state index is 12.5. The third kappa shape index (κ3) is 2.88. The van der Waals surface area contributed by atoms with E-state index < -0.39 is 18.9 Å². The lowest BCUT2D eigenvalue weighted by atomic mass is 10.1. The minimum absolute atomic E-state index is 0.453. The van der Waals surface area contributed by atoms with Crippen molar-refractivity contribution in [3.63, 3.8) is 0 Å². The van der Waals surface area contributed by atoms with Crippen LogP contribution in [0.2, 0.25) is 5.02 Å². The molecule has 1 atom stereocenters. The van der Waals surface area contributed by atoms with Gasteiger partial charge in [0.15, 0.2) is 6.10 Å². The van der Waals surface area contributed by atoms with Gasteiger partial charge in [-0.05, 0) is 17.7 Å². The van der Waals surface area contributed by atoms with Crippen molar-refractivity contribution in [2.75, 3.05) is 6.67 Å². The second-order valence-electron chi connectivity index (χ2n) is 2.63. The van der Waals surface area contributed by atoms with Crippen LogP contribution in [0.1, 0.15) is 11.7 Å². The number of hydrogen-bond acceptors (Lipinski definition) is 2. The van der Waals surface area contributed by atoms with Crippen LogP contribution >= 0.6 is 11.6 Å². The lowest BCUT2D eigenvalue weighted by Gasteiger charge is -2.13. The molecule has 5 heteroatoms. The van der Waals surface area contributed by atoms with E-state index >= 15 is 0 Å². The second-order valence-corrected chi connectivity index (χ2v) is 3.07. The van der Waals surface area contributed by atoms with E-state index in [1.165, 1.54) is 6.07 Å². The van der Waals surface area contributed by atoms with Crippen molar-refractivity contribution in [3.05, 3.63) is 34.9 Å². The van der Waals surface area contributed by atoms with Crippen LogP contribution in [0.3, 0.4) is 0 Å². The lowest BCUT2D eigenvalue weighted by molar-refractivity contribution is 0.0892. The SMILES string of the molecule is NC(=O)OC(CF)c1cccc(Cl)c1. The molecule has 0 aromatic heterocycles. The van der Waals surface area contributed by atoms with Crippen molar-refractivity contribution >= 4 is 17.7 Å². The smallest absolute Gasteiger partial charge is 0.405 e. The van der Waals surface area contributed by atoms with Crippen LogP contribution in [0.4, 0.5) is 9.18 Å². The zero-order valence-corrected chi connectivity index (χ0v) is 8.00. The van der Waals surface area contributed by atoms with E-state index in [0.29, 0.717) is 10.6 Å². The second kappa shape index (κ2) is 4.81. The number of halogens is 2. The molecule has 0 spiro atoms. The first-order chi connectivity index (χ1) is 6.63. The molecule has 0 saturated heterocycles. The lowest BCUT2D eigenvalue weighted by Crippen LogP contribution is -2.18. The number of primary amides is 1. The van der Waals surface area contributed by atoms with E-state index in [9.17, 15) is 9.18 Å². The number of ether oxygens (including phenoxy) is 1. The van der Waals surface area contributed by atoms with E-state index in [0.717, 1.165) is 0 Å². The molecule has 0 fully saturated rings. The molecule has 0 heterocycles. The third-order valence-corrected chi connectivity index (χ3v) is 1.85. The zero-order valence-electron chi connectivity index (χ0n) is 7.24. The highest BCUT2D eigenvalue weighted by Crippen LogP contribution is 2.21. The molecule has 3 nitrogen and oxygen atoms in total. The van der Waals surface area contributed by atoms with Crippen LogP contribution in [0.25, 0.3) is 0 Å². The Hall–Kier alpha value is -1.29. The largest absolute Gasteiger partial charge is 0.439 e. The highest BCUT2D eigenvalue weighted by Gasteiger charge is 2.14. The molecule has 0 aliphatic carbocycles. The Morgan fingerprint density at radius 3 is 2.86 bits per heavy atom.